The van der Waals surface area contributed by atoms with Crippen molar-refractivity contribution < 1.29 is 4.79 Å². The average molecular weight is 252 g/mol. The number of hydrogen-bond donors (Lipinski definition) is 0. The maximum atomic E-state index is 11.1. The van der Waals surface area contributed by atoms with Gasteiger partial charge in [0.2, 0.25) is 0 Å². The molecule has 0 aliphatic carbocycles. The van der Waals surface area contributed by atoms with Crippen LogP contribution in [0.2, 0.25) is 0 Å². The van der Waals surface area contributed by atoms with Gasteiger partial charge in [-0.3, -0.25) is 4.79 Å². The fourth-order valence-electron chi connectivity index (χ4n) is 2.10. The highest BCUT2D eigenvalue weighted by molar-refractivity contribution is 7.12. The molecule has 0 amide bonds. The van der Waals surface area contributed by atoms with E-state index in [1.54, 1.807) is 0 Å². The van der Waals surface area contributed by atoms with E-state index in [0.717, 1.165) is 12.8 Å². The van der Waals surface area contributed by atoms with Crippen LogP contribution < -0.4 is 0 Å². The number of carbonyl (C=O) groups is 1. The minimum atomic E-state index is 0.411. The van der Waals surface area contributed by atoms with Gasteiger partial charge in [-0.25, -0.2) is 0 Å². The molecular weight excluding hydrogens is 228 g/mol. The third-order valence-electron chi connectivity index (χ3n) is 3.19. The normalized spacial score (nSPS) is 10.8. The van der Waals surface area contributed by atoms with Crippen LogP contribution in [0.25, 0.3) is 0 Å². The minimum absolute atomic E-state index is 0.411. The van der Waals surface area contributed by atoms with Crippen LogP contribution in [-0.4, -0.2) is 5.78 Å². The molecule has 2 heteroatoms. The van der Waals surface area contributed by atoms with Gasteiger partial charge in [-0.05, 0) is 44.7 Å². The largest absolute Gasteiger partial charge is 0.300 e. The van der Waals surface area contributed by atoms with Crippen LogP contribution >= 0.6 is 11.3 Å². The van der Waals surface area contributed by atoms with Gasteiger partial charge in [-0.2, -0.15) is 0 Å². The van der Waals surface area contributed by atoms with E-state index in [2.05, 4.69) is 19.9 Å². The second-order valence-electron chi connectivity index (χ2n) is 4.74. The number of Topliss-reactive ketones (excluding diaryl/α,β-unsaturated/α-hetero) is 1. The SMILES string of the molecule is CCC(=O)CCCCCCc1cc(C)sc1C. The van der Waals surface area contributed by atoms with Gasteiger partial charge >= 0.3 is 0 Å². The van der Waals surface area contributed by atoms with Crippen LogP contribution in [0.1, 0.15) is 60.8 Å². The average Bonchev–Trinajstić information content (AvgIpc) is 2.62. The van der Waals surface area contributed by atoms with E-state index < -0.39 is 0 Å². The Labute approximate surface area is 109 Å². The van der Waals surface area contributed by atoms with Crippen molar-refractivity contribution in [1.29, 1.82) is 0 Å². The van der Waals surface area contributed by atoms with Crippen molar-refractivity contribution in [3.8, 4) is 0 Å². The molecule has 17 heavy (non-hydrogen) atoms. The molecule has 0 atom stereocenters. The lowest BCUT2D eigenvalue weighted by Crippen LogP contribution is -1.94. The van der Waals surface area contributed by atoms with Crippen molar-refractivity contribution in [3.63, 3.8) is 0 Å². The van der Waals surface area contributed by atoms with Crippen LogP contribution in [0.3, 0.4) is 0 Å². The zero-order valence-corrected chi connectivity index (χ0v) is 12.2. The summed E-state index contributed by atoms with van der Waals surface area (Å²) < 4.78 is 0. The summed E-state index contributed by atoms with van der Waals surface area (Å²) in [5.41, 5.74) is 1.53. The van der Waals surface area contributed by atoms with Crippen LogP contribution in [0.4, 0.5) is 0 Å². The first-order chi connectivity index (χ1) is 8.13. The second kappa shape index (κ2) is 7.65. The Bertz CT molecular complexity index is 352. The molecule has 0 aliphatic rings. The summed E-state index contributed by atoms with van der Waals surface area (Å²) in [5, 5.41) is 0. The van der Waals surface area contributed by atoms with Gasteiger partial charge < -0.3 is 0 Å². The van der Waals surface area contributed by atoms with Gasteiger partial charge in [0.05, 0.1) is 0 Å². The number of rotatable bonds is 8. The van der Waals surface area contributed by atoms with Gasteiger partial charge in [-0.1, -0.05) is 19.8 Å². The maximum absolute atomic E-state index is 11.1. The Balaban J connectivity index is 2.08. The third kappa shape index (κ3) is 5.49. The summed E-state index contributed by atoms with van der Waals surface area (Å²) in [7, 11) is 0. The Morgan fingerprint density at radius 1 is 1.18 bits per heavy atom. The molecule has 1 aromatic heterocycles. The van der Waals surface area contributed by atoms with Crippen molar-refractivity contribution in [2.24, 2.45) is 0 Å². The lowest BCUT2D eigenvalue weighted by Gasteiger charge is -2.01. The van der Waals surface area contributed by atoms with E-state index >= 15 is 0 Å². The Kier molecular flexibility index (Phi) is 6.49. The van der Waals surface area contributed by atoms with Gasteiger partial charge in [0.15, 0.2) is 0 Å². The molecule has 0 spiro atoms. The third-order valence-corrected chi connectivity index (χ3v) is 4.20. The summed E-state index contributed by atoms with van der Waals surface area (Å²) in [6, 6.07) is 2.32. The van der Waals surface area contributed by atoms with Gasteiger partial charge in [-0.15, -0.1) is 11.3 Å². The lowest BCUT2D eigenvalue weighted by molar-refractivity contribution is -0.118. The van der Waals surface area contributed by atoms with Crippen LogP contribution in [0, 0.1) is 13.8 Å². The molecule has 1 rings (SSSR count). The molecule has 0 bridgehead atoms. The van der Waals surface area contributed by atoms with Crippen molar-refractivity contribution in [2.45, 2.75) is 65.7 Å². The highest BCUT2D eigenvalue weighted by Crippen LogP contribution is 2.22. The molecule has 0 saturated heterocycles. The number of thiophene rings is 1. The van der Waals surface area contributed by atoms with E-state index in [1.165, 1.54) is 41.0 Å². The first-order valence-corrected chi connectivity index (χ1v) is 7.52. The topological polar surface area (TPSA) is 17.1 Å². The number of aryl methyl sites for hydroxylation is 3. The molecule has 96 valence electrons. The first kappa shape index (κ1) is 14.4. The Hall–Kier alpha value is -0.630. The van der Waals surface area contributed by atoms with Crippen LogP contribution in [-0.2, 0) is 11.2 Å². The highest BCUT2D eigenvalue weighted by atomic mass is 32.1. The summed E-state index contributed by atoms with van der Waals surface area (Å²) in [4.78, 5) is 14.0. The number of ketones is 1. The summed E-state index contributed by atoms with van der Waals surface area (Å²) >= 11 is 1.90. The molecule has 0 fully saturated rings. The molecule has 0 aromatic carbocycles. The highest BCUT2D eigenvalue weighted by Gasteiger charge is 2.02. The smallest absolute Gasteiger partial charge is 0.132 e. The molecule has 1 aromatic rings. The molecule has 1 heterocycles. The minimum Gasteiger partial charge on any atom is -0.300 e. The van der Waals surface area contributed by atoms with E-state index in [1.807, 2.05) is 18.3 Å². The lowest BCUT2D eigenvalue weighted by atomic mass is 10.0. The van der Waals surface area contributed by atoms with Crippen molar-refractivity contribution in [2.75, 3.05) is 0 Å². The number of unbranched alkanes of at least 4 members (excludes halogenated alkanes) is 3. The first-order valence-electron chi connectivity index (χ1n) is 6.71. The fraction of sp³-hybridized carbons (Fsp3) is 0.667. The van der Waals surface area contributed by atoms with Crippen molar-refractivity contribution in [3.05, 3.63) is 21.4 Å². The van der Waals surface area contributed by atoms with Crippen molar-refractivity contribution in [1.82, 2.24) is 0 Å². The molecule has 0 aliphatic heterocycles. The van der Waals surface area contributed by atoms with E-state index in [0.29, 0.717) is 12.2 Å². The molecule has 0 N–H and O–H groups in total. The van der Waals surface area contributed by atoms with E-state index in [4.69, 9.17) is 0 Å². The number of hydrogen-bond acceptors (Lipinski definition) is 2. The monoisotopic (exact) mass is 252 g/mol. The van der Waals surface area contributed by atoms with Crippen LogP contribution in [0.15, 0.2) is 6.07 Å². The molecule has 0 radical (unpaired) electrons. The van der Waals surface area contributed by atoms with E-state index in [-0.39, 0.29) is 0 Å². The summed E-state index contributed by atoms with van der Waals surface area (Å²) in [6.07, 6.45) is 7.49. The molecule has 0 unspecified atom stereocenters. The Morgan fingerprint density at radius 3 is 2.47 bits per heavy atom. The summed E-state index contributed by atoms with van der Waals surface area (Å²) in [6.45, 7) is 6.34. The second-order valence-corrected chi connectivity index (χ2v) is 6.21. The van der Waals surface area contributed by atoms with E-state index in [9.17, 15) is 4.79 Å². The predicted octanol–water partition coefficient (Wildman–Crippen LogP) is 4.84. The standard InChI is InChI=1S/C15H24OS/c1-4-15(16)10-8-6-5-7-9-14-11-12(2)17-13(14)3/h11H,4-10H2,1-3H3. The van der Waals surface area contributed by atoms with Crippen molar-refractivity contribution >= 4 is 17.1 Å². The zero-order valence-electron chi connectivity index (χ0n) is 11.3. The number of carbonyl (C=O) groups excluding carboxylic acids is 1. The van der Waals surface area contributed by atoms with Crippen LogP contribution in [0.5, 0.6) is 0 Å². The maximum Gasteiger partial charge on any atom is 0.132 e. The zero-order chi connectivity index (χ0) is 12.7. The Morgan fingerprint density at radius 2 is 1.88 bits per heavy atom. The van der Waals surface area contributed by atoms with Gasteiger partial charge in [0.1, 0.15) is 5.78 Å². The van der Waals surface area contributed by atoms with Gasteiger partial charge in [0, 0.05) is 22.6 Å². The quantitative estimate of drug-likeness (QED) is 0.605. The molecule has 0 saturated carbocycles. The van der Waals surface area contributed by atoms with Gasteiger partial charge in [0.25, 0.3) is 0 Å². The summed E-state index contributed by atoms with van der Waals surface area (Å²) in [5.74, 6) is 0.411. The predicted molar refractivity (Wildman–Crippen MR) is 75.9 cm³/mol. The molecule has 1 nitrogen and oxygen atoms in total. The fourth-order valence-corrected chi connectivity index (χ4v) is 3.08. The molecular formula is C15H24OS.